The highest BCUT2D eigenvalue weighted by Crippen LogP contribution is 2.15. The Bertz CT molecular complexity index is 339. The number of carboxylic acids is 1. The molecule has 1 heterocycles. The lowest BCUT2D eigenvalue weighted by Crippen LogP contribution is -2.60. The van der Waals surface area contributed by atoms with Crippen LogP contribution in [0.5, 0.6) is 0 Å². The number of nitrogens with zero attached hydrogens (tertiary/aromatic N) is 1. The van der Waals surface area contributed by atoms with E-state index in [2.05, 4.69) is 15.5 Å². The standard InChI is InChI=1S/C14H27N3O3/c1-11(12(18)19)5-4-6-16-13(20)14(2,3)17-9-7-15-8-10-17/h11,15H,4-10H2,1-3H3,(H,16,20)(H,18,19). The molecule has 20 heavy (non-hydrogen) atoms. The van der Waals surface area contributed by atoms with Crippen LogP contribution in [0.25, 0.3) is 0 Å². The van der Waals surface area contributed by atoms with Gasteiger partial charge in [0.15, 0.2) is 0 Å². The third-order valence-corrected chi connectivity index (χ3v) is 3.98. The Kier molecular flexibility index (Phi) is 6.42. The number of carboxylic acid groups (broad SMARTS) is 1. The van der Waals surface area contributed by atoms with Gasteiger partial charge in [-0.2, -0.15) is 0 Å². The van der Waals surface area contributed by atoms with Crippen molar-refractivity contribution in [2.24, 2.45) is 5.92 Å². The highest BCUT2D eigenvalue weighted by atomic mass is 16.4. The number of hydrogen-bond acceptors (Lipinski definition) is 4. The number of nitrogens with one attached hydrogen (secondary N) is 2. The molecule has 1 atom stereocenters. The van der Waals surface area contributed by atoms with Gasteiger partial charge in [-0.1, -0.05) is 6.92 Å². The number of amides is 1. The lowest BCUT2D eigenvalue weighted by Gasteiger charge is -2.39. The summed E-state index contributed by atoms with van der Waals surface area (Å²) in [4.78, 5) is 25.1. The maximum atomic E-state index is 12.3. The number of piperazine rings is 1. The van der Waals surface area contributed by atoms with Gasteiger partial charge in [0.2, 0.25) is 5.91 Å². The van der Waals surface area contributed by atoms with E-state index in [0.29, 0.717) is 19.4 Å². The van der Waals surface area contributed by atoms with Gasteiger partial charge >= 0.3 is 5.97 Å². The van der Waals surface area contributed by atoms with Crippen LogP contribution in [-0.4, -0.2) is 60.1 Å². The Morgan fingerprint density at radius 1 is 1.35 bits per heavy atom. The average molecular weight is 285 g/mol. The van der Waals surface area contributed by atoms with Crippen LogP contribution in [0, 0.1) is 5.92 Å². The summed E-state index contributed by atoms with van der Waals surface area (Å²) in [6.07, 6.45) is 1.28. The maximum Gasteiger partial charge on any atom is 0.306 e. The zero-order valence-electron chi connectivity index (χ0n) is 12.7. The van der Waals surface area contributed by atoms with Crippen LogP contribution in [0.1, 0.15) is 33.6 Å². The largest absolute Gasteiger partial charge is 0.481 e. The van der Waals surface area contributed by atoms with Gasteiger partial charge in [0.1, 0.15) is 0 Å². The van der Waals surface area contributed by atoms with Gasteiger partial charge in [0.25, 0.3) is 0 Å². The molecule has 0 radical (unpaired) electrons. The van der Waals surface area contributed by atoms with Gasteiger partial charge in [0, 0.05) is 32.7 Å². The molecule has 1 saturated heterocycles. The quantitative estimate of drug-likeness (QED) is 0.586. The van der Waals surface area contributed by atoms with E-state index in [4.69, 9.17) is 5.11 Å². The van der Waals surface area contributed by atoms with Crippen molar-refractivity contribution in [3.05, 3.63) is 0 Å². The molecule has 0 saturated carbocycles. The van der Waals surface area contributed by atoms with Crippen molar-refractivity contribution in [1.29, 1.82) is 0 Å². The Morgan fingerprint density at radius 2 is 1.95 bits per heavy atom. The van der Waals surface area contributed by atoms with Crippen LogP contribution >= 0.6 is 0 Å². The zero-order valence-corrected chi connectivity index (χ0v) is 12.7. The first-order valence-electron chi connectivity index (χ1n) is 7.32. The van der Waals surface area contributed by atoms with Gasteiger partial charge in [0.05, 0.1) is 11.5 Å². The normalized spacial score (nSPS) is 18.6. The molecule has 1 unspecified atom stereocenters. The maximum absolute atomic E-state index is 12.3. The first kappa shape index (κ1) is 16.9. The molecule has 0 aromatic heterocycles. The number of rotatable bonds is 7. The molecule has 1 fully saturated rings. The molecule has 1 amide bonds. The van der Waals surface area contributed by atoms with Crippen LogP contribution in [0.3, 0.4) is 0 Å². The number of hydrogen-bond donors (Lipinski definition) is 3. The summed E-state index contributed by atoms with van der Waals surface area (Å²) in [5.74, 6) is -1.12. The molecule has 1 aliphatic heterocycles. The van der Waals surface area contributed by atoms with Gasteiger partial charge in [-0.3, -0.25) is 14.5 Å². The molecule has 0 aromatic rings. The monoisotopic (exact) mass is 285 g/mol. The highest BCUT2D eigenvalue weighted by Gasteiger charge is 2.34. The molecule has 116 valence electrons. The first-order valence-corrected chi connectivity index (χ1v) is 7.32. The van der Waals surface area contributed by atoms with Crippen LogP contribution in [0.4, 0.5) is 0 Å². The van der Waals surface area contributed by atoms with Crippen molar-refractivity contribution in [1.82, 2.24) is 15.5 Å². The summed E-state index contributed by atoms with van der Waals surface area (Å²) in [5.41, 5.74) is -0.513. The SMILES string of the molecule is CC(CCCNC(=O)C(C)(C)N1CCNCC1)C(=O)O. The minimum atomic E-state index is -0.780. The van der Waals surface area contributed by atoms with E-state index in [1.807, 2.05) is 13.8 Å². The Balaban J connectivity index is 2.32. The van der Waals surface area contributed by atoms with E-state index < -0.39 is 11.5 Å². The summed E-state index contributed by atoms with van der Waals surface area (Å²) in [6.45, 7) is 9.66. The summed E-state index contributed by atoms with van der Waals surface area (Å²) >= 11 is 0. The predicted molar refractivity (Wildman–Crippen MR) is 77.6 cm³/mol. The van der Waals surface area contributed by atoms with Crippen LogP contribution in [0.2, 0.25) is 0 Å². The molecule has 3 N–H and O–H groups in total. The number of aliphatic carboxylic acids is 1. The minimum Gasteiger partial charge on any atom is -0.481 e. The second-order valence-corrected chi connectivity index (χ2v) is 5.93. The summed E-state index contributed by atoms with van der Waals surface area (Å²) in [7, 11) is 0. The van der Waals surface area contributed by atoms with E-state index in [9.17, 15) is 9.59 Å². The van der Waals surface area contributed by atoms with Crippen LogP contribution in [-0.2, 0) is 9.59 Å². The van der Waals surface area contributed by atoms with E-state index in [-0.39, 0.29) is 11.8 Å². The van der Waals surface area contributed by atoms with Crippen molar-refractivity contribution < 1.29 is 14.7 Å². The van der Waals surface area contributed by atoms with Gasteiger partial charge < -0.3 is 15.7 Å². The molecule has 0 spiro atoms. The second-order valence-electron chi connectivity index (χ2n) is 5.93. The van der Waals surface area contributed by atoms with Crippen molar-refractivity contribution in [2.45, 2.75) is 39.2 Å². The van der Waals surface area contributed by atoms with Crippen molar-refractivity contribution >= 4 is 11.9 Å². The van der Waals surface area contributed by atoms with Crippen molar-refractivity contribution in [3.63, 3.8) is 0 Å². The van der Waals surface area contributed by atoms with E-state index in [1.54, 1.807) is 6.92 Å². The highest BCUT2D eigenvalue weighted by molar-refractivity contribution is 5.85. The number of carbonyl (C=O) groups excluding carboxylic acids is 1. The molecule has 6 heteroatoms. The molecular weight excluding hydrogens is 258 g/mol. The molecule has 0 bridgehead atoms. The summed E-state index contributed by atoms with van der Waals surface area (Å²) in [5, 5.41) is 15.0. The summed E-state index contributed by atoms with van der Waals surface area (Å²) < 4.78 is 0. The van der Waals surface area contributed by atoms with Crippen LogP contribution < -0.4 is 10.6 Å². The Labute approximate surface area is 120 Å². The minimum absolute atomic E-state index is 0.0161. The third-order valence-electron chi connectivity index (χ3n) is 3.98. The zero-order chi connectivity index (χ0) is 15.2. The average Bonchev–Trinajstić information content (AvgIpc) is 2.43. The molecule has 0 aromatic carbocycles. The van der Waals surface area contributed by atoms with Gasteiger partial charge in [-0.05, 0) is 26.7 Å². The molecule has 1 rings (SSSR count). The fraction of sp³-hybridized carbons (Fsp3) is 0.857. The summed E-state index contributed by atoms with van der Waals surface area (Å²) in [6, 6.07) is 0. The molecule has 1 aliphatic rings. The predicted octanol–water partition coefficient (Wildman–Crippen LogP) is 0.287. The van der Waals surface area contributed by atoms with E-state index >= 15 is 0 Å². The van der Waals surface area contributed by atoms with Gasteiger partial charge in [-0.25, -0.2) is 0 Å². The molecule has 6 nitrogen and oxygen atoms in total. The first-order chi connectivity index (χ1) is 9.35. The fourth-order valence-electron chi connectivity index (χ4n) is 2.32. The Morgan fingerprint density at radius 3 is 2.50 bits per heavy atom. The third kappa shape index (κ3) is 4.76. The van der Waals surface area contributed by atoms with Crippen molar-refractivity contribution in [2.75, 3.05) is 32.7 Å². The second kappa shape index (κ2) is 7.59. The fourth-order valence-corrected chi connectivity index (χ4v) is 2.32. The van der Waals surface area contributed by atoms with Gasteiger partial charge in [-0.15, -0.1) is 0 Å². The number of carbonyl (C=O) groups is 2. The van der Waals surface area contributed by atoms with E-state index in [1.165, 1.54) is 0 Å². The smallest absolute Gasteiger partial charge is 0.306 e. The van der Waals surface area contributed by atoms with Crippen molar-refractivity contribution in [3.8, 4) is 0 Å². The van der Waals surface area contributed by atoms with E-state index in [0.717, 1.165) is 26.2 Å². The van der Waals surface area contributed by atoms with Crippen LogP contribution in [0.15, 0.2) is 0 Å². The molecular formula is C14H27N3O3. The lowest BCUT2D eigenvalue weighted by atomic mass is 10.00. The topological polar surface area (TPSA) is 81.7 Å². The lowest BCUT2D eigenvalue weighted by molar-refractivity contribution is -0.141. The Hall–Kier alpha value is -1.14. The molecule has 0 aliphatic carbocycles.